The molecule has 8 nitrogen and oxygen atoms in total. The van der Waals surface area contributed by atoms with Crippen molar-refractivity contribution in [1.82, 2.24) is 0 Å². The highest BCUT2D eigenvalue weighted by atomic mass is 79.9. The summed E-state index contributed by atoms with van der Waals surface area (Å²) in [6, 6.07) is 10.2. The number of sulfonamides is 2. The van der Waals surface area contributed by atoms with Crippen molar-refractivity contribution in [2.45, 2.75) is 11.3 Å². The Kier molecular flexibility index (Phi) is 5.19. The smallest absolute Gasteiger partial charge is 0.265 e. The second-order valence-corrected chi connectivity index (χ2v) is 10.2. The Balaban J connectivity index is 2.06. The maximum Gasteiger partial charge on any atom is 0.265 e. The third-order valence-corrected chi connectivity index (χ3v) is 7.47. The summed E-state index contributed by atoms with van der Waals surface area (Å²) in [5.74, 6) is -0.895. The van der Waals surface area contributed by atoms with Gasteiger partial charge in [-0.25, -0.2) is 21.1 Å². The Morgan fingerprint density at radius 1 is 1.15 bits per heavy atom. The van der Waals surface area contributed by atoms with Crippen LogP contribution in [-0.4, -0.2) is 35.6 Å². The molecule has 0 atom stereocenters. The van der Waals surface area contributed by atoms with Crippen LogP contribution in [0.3, 0.4) is 0 Å². The van der Waals surface area contributed by atoms with Crippen LogP contribution < -0.4 is 13.8 Å². The van der Waals surface area contributed by atoms with Gasteiger partial charge in [-0.2, -0.15) is 0 Å². The topological polar surface area (TPSA) is 110 Å². The van der Waals surface area contributed by atoms with E-state index in [4.69, 9.17) is 4.74 Å². The number of hydrogen-bond acceptors (Lipinski definition) is 6. The first-order valence-corrected chi connectivity index (χ1v) is 11.5. The highest BCUT2D eigenvalue weighted by molar-refractivity contribution is 9.10. The van der Waals surface area contributed by atoms with E-state index in [0.29, 0.717) is 9.99 Å². The van der Waals surface area contributed by atoms with Crippen LogP contribution in [0.15, 0.2) is 51.8 Å². The molecule has 1 aliphatic rings. The number of nitrogens with zero attached hydrogens (tertiary/aromatic N) is 1. The normalized spacial score (nSPS) is 16.4. The van der Waals surface area contributed by atoms with Gasteiger partial charge in [0.25, 0.3) is 10.0 Å². The van der Waals surface area contributed by atoms with Crippen LogP contribution in [0.2, 0.25) is 0 Å². The molecular formula is C16H15BrN2O6S2. The molecule has 2 aromatic rings. The van der Waals surface area contributed by atoms with Crippen LogP contribution in [0.4, 0.5) is 11.4 Å². The summed E-state index contributed by atoms with van der Waals surface area (Å²) in [5.41, 5.74) is 0.269. The molecule has 1 amide bonds. The fraction of sp³-hybridized carbons (Fsp3) is 0.188. The van der Waals surface area contributed by atoms with Gasteiger partial charge in [0.15, 0.2) is 0 Å². The van der Waals surface area contributed by atoms with Crippen LogP contribution in [0, 0.1) is 0 Å². The second kappa shape index (κ2) is 7.13. The molecule has 0 aliphatic carbocycles. The zero-order valence-corrected chi connectivity index (χ0v) is 17.3. The zero-order valence-electron chi connectivity index (χ0n) is 14.0. The highest BCUT2D eigenvalue weighted by Crippen LogP contribution is 2.33. The monoisotopic (exact) mass is 474 g/mol. The lowest BCUT2D eigenvalue weighted by Gasteiger charge is -2.18. The van der Waals surface area contributed by atoms with Gasteiger partial charge in [-0.1, -0.05) is 15.9 Å². The van der Waals surface area contributed by atoms with Gasteiger partial charge in [-0.15, -0.1) is 0 Å². The number of methoxy groups -OCH3 is 1. The number of halogens is 1. The minimum atomic E-state index is -4.10. The third kappa shape index (κ3) is 3.94. The predicted molar refractivity (Wildman–Crippen MR) is 104 cm³/mol. The van der Waals surface area contributed by atoms with Crippen LogP contribution in [-0.2, 0) is 24.8 Å². The minimum absolute atomic E-state index is 0.0207. The van der Waals surface area contributed by atoms with Crippen molar-refractivity contribution in [3.8, 4) is 5.75 Å². The van der Waals surface area contributed by atoms with Gasteiger partial charge in [-0.05, 0) is 42.5 Å². The van der Waals surface area contributed by atoms with E-state index in [0.717, 1.165) is 10.5 Å². The first kappa shape index (κ1) is 19.6. The quantitative estimate of drug-likeness (QED) is 0.711. The Bertz CT molecular complexity index is 1100. The number of hydrogen-bond donors (Lipinski definition) is 1. The molecule has 0 aromatic heterocycles. The predicted octanol–water partition coefficient (Wildman–Crippen LogP) is 2.33. The number of ether oxygens (including phenoxy) is 1. The molecule has 0 bridgehead atoms. The fourth-order valence-electron chi connectivity index (χ4n) is 2.60. The van der Waals surface area contributed by atoms with E-state index in [1.165, 1.54) is 19.2 Å². The van der Waals surface area contributed by atoms with Gasteiger partial charge in [0.2, 0.25) is 15.9 Å². The van der Waals surface area contributed by atoms with E-state index in [2.05, 4.69) is 20.7 Å². The summed E-state index contributed by atoms with van der Waals surface area (Å²) < 4.78 is 58.8. The molecule has 11 heteroatoms. The van der Waals surface area contributed by atoms with Gasteiger partial charge in [0, 0.05) is 16.6 Å². The standard InChI is InChI=1S/C16H15BrN2O6S2/c1-25-14-7-6-13(19-16(20)8-9-26(19,21)22)10-15(14)27(23,24)18-12-4-2-11(17)3-5-12/h2-7,10,18H,8-9H2,1H3. The first-order valence-electron chi connectivity index (χ1n) is 7.66. The number of carbonyl (C=O) groups excluding carboxylic acids is 1. The van der Waals surface area contributed by atoms with E-state index in [-0.39, 0.29) is 28.5 Å². The number of anilines is 2. The summed E-state index contributed by atoms with van der Waals surface area (Å²) in [6.45, 7) is 0. The molecule has 27 heavy (non-hydrogen) atoms. The molecule has 0 saturated carbocycles. The lowest BCUT2D eigenvalue weighted by atomic mass is 10.3. The van der Waals surface area contributed by atoms with Crippen LogP contribution in [0.1, 0.15) is 6.42 Å². The molecule has 2 aromatic carbocycles. The van der Waals surface area contributed by atoms with Crippen molar-refractivity contribution in [2.75, 3.05) is 21.9 Å². The zero-order chi connectivity index (χ0) is 19.8. The van der Waals surface area contributed by atoms with Crippen LogP contribution in [0.25, 0.3) is 0 Å². The van der Waals surface area contributed by atoms with Crippen molar-refractivity contribution in [1.29, 1.82) is 0 Å². The minimum Gasteiger partial charge on any atom is -0.495 e. The maximum atomic E-state index is 12.8. The van der Waals surface area contributed by atoms with Crippen molar-refractivity contribution in [3.05, 3.63) is 46.9 Å². The van der Waals surface area contributed by atoms with E-state index in [1.54, 1.807) is 24.3 Å². The molecule has 1 aliphatic heterocycles. The molecule has 0 spiro atoms. The fourth-order valence-corrected chi connectivity index (χ4v) is 5.56. The van der Waals surface area contributed by atoms with E-state index >= 15 is 0 Å². The van der Waals surface area contributed by atoms with Gasteiger partial charge >= 0.3 is 0 Å². The number of carbonyl (C=O) groups is 1. The molecule has 3 rings (SSSR count). The van der Waals surface area contributed by atoms with Crippen molar-refractivity contribution >= 4 is 53.3 Å². The number of rotatable bonds is 5. The van der Waals surface area contributed by atoms with Crippen molar-refractivity contribution in [3.63, 3.8) is 0 Å². The number of amides is 1. The molecule has 1 saturated heterocycles. The van der Waals surface area contributed by atoms with E-state index < -0.39 is 26.0 Å². The summed E-state index contributed by atoms with van der Waals surface area (Å²) in [4.78, 5) is 11.7. The second-order valence-electron chi connectivity index (χ2n) is 5.67. The van der Waals surface area contributed by atoms with Crippen LogP contribution in [0.5, 0.6) is 5.75 Å². The molecule has 0 unspecified atom stereocenters. The maximum absolute atomic E-state index is 12.8. The first-order chi connectivity index (χ1) is 12.6. The van der Waals surface area contributed by atoms with E-state index in [9.17, 15) is 21.6 Å². The molecule has 1 heterocycles. The molecule has 1 N–H and O–H groups in total. The Morgan fingerprint density at radius 3 is 2.37 bits per heavy atom. The Labute approximate surface area is 165 Å². The number of nitrogens with one attached hydrogen (secondary N) is 1. The summed E-state index contributed by atoms with van der Waals surface area (Å²) in [6.07, 6.45) is -0.145. The lowest BCUT2D eigenvalue weighted by Crippen LogP contribution is -2.29. The summed E-state index contributed by atoms with van der Waals surface area (Å²) in [5, 5.41) is 0. The largest absolute Gasteiger partial charge is 0.495 e. The molecule has 144 valence electrons. The SMILES string of the molecule is COc1ccc(N2C(=O)CCS2(=O)=O)cc1S(=O)(=O)Nc1ccc(Br)cc1. The summed E-state index contributed by atoms with van der Waals surface area (Å²) >= 11 is 3.26. The number of benzene rings is 2. The summed E-state index contributed by atoms with van der Waals surface area (Å²) in [7, 11) is -6.61. The average molecular weight is 475 g/mol. The lowest BCUT2D eigenvalue weighted by molar-refractivity contribution is -0.116. The van der Waals surface area contributed by atoms with Gasteiger partial charge < -0.3 is 4.74 Å². The van der Waals surface area contributed by atoms with Gasteiger partial charge in [-0.3, -0.25) is 9.52 Å². The highest BCUT2D eigenvalue weighted by Gasteiger charge is 2.37. The molecule has 0 radical (unpaired) electrons. The third-order valence-electron chi connectivity index (χ3n) is 3.85. The van der Waals surface area contributed by atoms with Crippen molar-refractivity contribution < 1.29 is 26.4 Å². The Morgan fingerprint density at radius 2 is 1.81 bits per heavy atom. The van der Waals surface area contributed by atoms with Crippen LogP contribution >= 0.6 is 15.9 Å². The van der Waals surface area contributed by atoms with Gasteiger partial charge in [0.05, 0.1) is 18.6 Å². The Hall–Kier alpha value is -2.11. The van der Waals surface area contributed by atoms with E-state index in [1.807, 2.05) is 0 Å². The van der Waals surface area contributed by atoms with Crippen molar-refractivity contribution in [2.24, 2.45) is 0 Å². The van der Waals surface area contributed by atoms with Gasteiger partial charge in [0.1, 0.15) is 10.6 Å². The molecular weight excluding hydrogens is 460 g/mol. The molecule has 1 fully saturated rings. The average Bonchev–Trinajstić information content (AvgIpc) is 2.89.